The molecule has 1 heterocycles. The number of rotatable bonds is 5. The minimum atomic E-state index is -0.150. The van der Waals surface area contributed by atoms with E-state index in [1.54, 1.807) is 24.3 Å². The number of likely N-dealkylation sites (tertiary alicyclic amines) is 1. The molecule has 1 saturated heterocycles. The zero-order valence-electron chi connectivity index (χ0n) is 12.1. The number of aliphatic hydroxyl groups excluding tert-OH is 1. The Bertz CT molecular complexity index is 524. The highest BCUT2D eigenvalue weighted by atomic mass is 16.3. The van der Waals surface area contributed by atoms with Crippen molar-refractivity contribution in [1.82, 2.24) is 10.2 Å². The van der Waals surface area contributed by atoms with Gasteiger partial charge in [-0.15, -0.1) is 0 Å². The predicted octanol–water partition coefficient (Wildman–Crippen LogP) is 0.992. The van der Waals surface area contributed by atoms with Crippen molar-refractivity contribution in [1.29, 1.82) is 5.26 Å². The fourth-order valence-electron chi connectivity index (χ4n) is 2.66. The number of benzene rings is 1. The van der Waals surface area contributed by atoms with Gasteiger partial charge in [-0.3, -0.25) is 4.79 Å². The van der Waals surface area contributed by atoms with Crippen LogP contribution in [0.15, 0.2) is 24.3 Å². The molecule has 1 aliphatic heterocycles. The predicted molar refractivity (Wildman–Crippen MR) is 79.7 cm³/mol. The summed E-state index contributed by atoms with van der Waals surface area (Å²) < 4.78 is 0. The lowest BCUT2D eigenvalue weighted by Gasteiger charge is -2.31. The van der Waals surface area contributed by atoms with Crippen LogP contribution < -0.4 is 5.32 Å². The first-order chi connectivity index (χ1) is 10.2. The fraction of sp³-hybridized carbons (Fsp3) is 0.500. The summed E-state index contributed by atoms with van der Waals surface area (Å²) in [5, 5.41) is 20.9. The molecule has 0 aromatic heterocycles. The van der Waals surface area contributed by atoms with E-state index in [0.29, 0.717) is 23.6 Å². The Morgan fingerprint density at radius 1 is 1.52 bits per heavy atom. The van der Waals surface area contributed by atoms with E-state index in [9.17, 15) is 9.90 Å². The Kier molecular flexibility index (Phi) is 5.73. The molecule has 0 saturated carbocycles. The van der Waals surface area contributed by atoms with Crippen molar-refractivity contribution in [3.63, 3.8) is 0 Å². The maximum absolute atomic E-state index is 12.0. The summed E-state index contributed by atoms with van der Waals surface area (Å²) in [5.74, 6) is 0.213. The summed E-state index contributed by atoms with van der Waals surface area (Å²) in [6.07, 6.45) is 2.18. The maximum atomic E-state index is 12.0. The lowest BCUT2D eigenvalue weighted by atomic mass is 9.99. The largest absolute Gasteiger partial charge is 0.396 e. The van der Waals surface area contributed by atoms with Crippen LogP contribution in [-0.4, -0.2) is 48.7 Å². The van der Waals surface area contributed by atoms with Crippen LogP contribution in [0, 0.1) is 17.2 Å². The number of nitrogens with one attached hydrogen (secondary N) is 1. The van der Waals surface area contributed by atoms with Gasteiger partial charge in [0.2, 0.25) is 0 Å². The van der Waals surface area contributed by atoms with E-state index in [4.69, 9.17) is 5.26 Å². The number of hydrogen-bond acceptors (Lipinski definition) is 4. The normalized spacial score (nSPS) is 19.0. The molecule has 1 fully saturated rings. The van der Waals surface area contributed by atoms with Gasteiger partial charge in [0.15, 0.2) is 0 Å². The van der Waals surface area contributed by atoms with Crippen LogP contribution in [0.25, 0.3) is 0 Å². The highest BCUT2D eigenvalue weighted by Crippen LogP contribution is 2.14. The molecule has 2 rings (SSSR count). The summed E-state index contributed by atoms with van der Waals surface area (Å²) in [7, 11) is 0. The SMILES string of the molecule is N#Cc1cccc(C(=O)NCCN2CCC[C@H](CO)C2)c1. The highest BCUT2D eigenvalue weighted by Gasteiger charge is 2.18. The topological polar surface area (TPSA) is 76.4 Å². The Hall–Kier alpha value is -1.90. The van der Waals surface area contributed by atoms with E-state index in [-0.39, 0.29) is 12.5 Å². The standard InChI is InChI=1S/C16H21N3O2/c17-10-13-3-1-5-15(9-13)16(21)18-6-8-19-7-2-4-14(11-19)12-20/h1,3,5,9,14,20H,2,4,6-8,11-12H2,(H,18,21)/t14-/m0/s1. The van der Waals surface area contributed by atoms with Crippen LogP contribution >= 0.6 is 0 Å². The summed E-state index contributed by atoms with van der Waals surface area (Å²) in [4.78, 5) is 14.3. The minimum Gasteiger partial charge on any atom is -0.396 e. The molecule has 0 aliphatic carbocycles. The van der Waals surface area contributed by atoms with Gasteiger partial charge in [-0.2, -0.15) is 5.26 Å². The molecule has 112 valence electrons. The number of nitrogens with zero attached hydrogens (tertiary/aromatic N) is 2. The smallest absolute Gasteiger partial charge is 0.251 e. The molecule has 5 heteroatoms. The van der Waals surface area contributed by atoms with E-state index >= 15 is 0 Å². The molecule has 5 nitrogen and oxygen atoms in total. The third kappa shape index (κ3) is 4.55. The third-order valence-electron chi connectivity index (χ3n) is 3.83. The summed E-state index contributed by atoms with van der Waals surface area (Å²) in [6, 6.07) is 8.72. The van der Waals surface area contributed by atoms with Crippen molar-refractivity contribution < 1.29 is 9.90 Å². The minimum absolute atomic E-state index is 0.150. The molecule has 1 atom stereocenters. The lowest BCUT2D eigenvalue weighted by Crippen LogP contribution is -2.41. The average Bonchev–Trinajstić information content (AvgIpc) is 2.55. The molecular formula is C16H21N3O2. The van der Waals surface area contributed by atoms with Gasteiger partial charge in [-0.05, 0) is 43.5 Å². The van der Waals surface area contributed by atoms with E-state index < -0.39 is 0 Å². The Morgan fingerprint density at radius 3 is 3.14 bits per heavy atom. The highest BCUT2D eigenvalue weighted by molar-refractivity contribution is 5.94. The van der Waals surface area contributed by atoms with Gasteiger partial charge in [0.05, 0.1) is 11.6 Å². The molecular weight excluding hydrogens is 266 g/mol. The van der Waals surface area contributed by atoms with Gasteiger partial charge in [0.25, 0.3) is 5.91 Å². The van der Waals surface area contributed by atoms with E-state index in [2.05, 4.69) is 10.2 Å². The molecule has 2 N–H and O–H groups in total. The third-order valence-corrected chi connectivity index (χ3v) is 3.83. The first-order valence-electron chi connectivity index (χ1n) is 7.34. The Balaban J connectivity index is 1.77. The first-order valence-corrected chi connectivity index (χ1v) is 7.34. The van der Waals surface area contributed by atoms with Crippen LogP contribution in [0.5, 0.6) is 0 Å². The van der Waals surface area contributed by atoms with Crippen molar-refractivity contribution in [2.75, 3.05) is 32.8 Å². The van der Waals surface area contributed by atoms with Crippen LogP contribution in [0.1, 0.15) is 28.8 Å². The second kappa shape index (κ2) is 7.77. The number of amides is 1. The number of aliphatic hydroxyl groups is 1. The van der Waals surface area contributed by atoms with Gasteiger partial charge in [-0.1, -0.05) is 6.07 Å². The van der Waals surface area contributed by atoms with Crippen molar-refractivity contribution >= 4 is 5.91 Å². The zero-order chi connectivity index (χ0) is 15.1. The summed E-state index contributed by atoms with van der Waals surface area (Å²) in [6.45, 7) is 3.53. The number of carbonyl (C=O) groups is 1. The van der Waals surface area contributed by atoms with Crippen LogP contribution in [0.2, 0.25) is 0 Å². The van der Waals surface area contributed by atoms with Gasteiger partial charge in [-0.25, -0.2) is 0 Å². The van der Waals surface area contributed by atoms with Gasteiger partial charge in [0.1, 0.15) is 0 Å². The monoisotopic (exact) mass is 287 g/mol. The van der Waals surface area contributed by atoms with Crippen molar-refractivity contribution in [2.45, 2.75) is 12.8 Å². The average molecular weight is 287 g/mol. The summed E-state index contributed by atoms with van der Waals surface area (Å²) in [5.41, 5.74) is 1.00. The molecule has 21 heavy (non-hydrogen) atoms. The molecule has 1 amide bonds. The Morgan fingerprint density at radius 2 is 2.38 bits per heavy atom. The second-order valence-corrected chi connectivity index (χ2v) is 5.44. The van der Waals surface area contributed by atoms with Crippen LogP contribution in [0.4, 0.5) is 0 Å². The van der Waals surface area contributed by atoms with Crippen molar-refractivity contribution in [3.05, 3.63) is 35.4 Å². The number of carbonyl (C=O) groups excluding carboxylic acids is 1. The van der Waals surface area contributed by atoms with Gasteiger partial charge in [0, 0.05) is 31.8 Å². The molecule has 0 bridgehead atoms. The molecule has 1 aliphatic rings. The molecule has 0 radical (unpaired) electrons. The first kappa shape index (κ1) is 15.5. The molecule has 0 spiro atoms. The van der Waals surface area contributed by atoms with Crippen LogP contribution in [-0.2, 0) is 0 Å². The lowest BCUT2D eigenvalue weighted by molar-refractivity contribution is 0.0930. The number of hydrogen-bond donors (Lipinski definition) is 2. The van der Waals surface area contributed by atoms with Gasteiger partial charge < -0.3 is 15.3 Å². The van der Waals surface area contributed by atoms with E-state index in [0.717, 1.165) is 32.5 Å². The van der Waals surface area contributed by atoms with E-state index in [1.807, 2.05) is 6.07 Å². The van der Waals surface area contributed by atoms with Gasteiger partial charge >= 0.3 is 0 Å². The van der Waals surface area contributed by atoms with Crippen molar-refractivity contribution in [2.24, 2.45) is 5.92 Å². The molecule has 1 aromatic carbocycles. The van der Waals surface area contributed by atoms with Crippen molar-refractivity contribution in [3.8, 4) is 6.07 Å². The Labute approximate surface area is 125 Å². The van der Waals surface area contributed by atoms with Crippen LogP contribution in [0.3, 0.4) is 0 Å². The molecule has 0 unspecified atom stereocenters. The zero-order valence-corrected chi connectivity index (χ0v) is 12.1. The molecule has 1 aromatic rings. The summed E-state index contributed by atoms with van der Waals surface area (Å²) >= 11 is 0. The fourth-order valence-corrected chi connectivity index (χ4v) is 2.66. The number of piperidine rings is 1. The quantitative estimate of drug-likeness (QED) is 0.847. The number of nitriles is 1. The van der Waals surface area contributed by atoms with E-state index in [1.165, 1.54) is 0 Å². The second-order valence-electron chi connectivity index (χ2n) is 5.44. The maximum Gasteiger partial charge on any atom is 0.251 e.